The first-order valence-electron chi connectivity index (χ1n) is 9.24. The molecule has 0 atom stereocenters. The van der Waals surface area contributed by atoms with Crippen molar-refractivity contribution >= 4 is 23.4 Å². The third-order valence-corrected chi connectivity index (χ3v) is 5.66. The first-order chi connectivity index (χ1) is 13.5. The monoisotopic (exact) mass is 402 g/mol. The zero-order valence-corrected chi connectivity index (χ0v) is 16.0. The van der Waals surface area contributed by atoms with Crippen LogP contribution in [0.3, 0.4) is 0 Å². The molecule has 2 saturated heterocycles. The number of hydrogen-bond acceptors (Lipinski definition) is 3. The fraction of sp³-hybridized carbons (Fsp3) is 0.333. The number of halogens is 2. The summed E-state index contributed by atoms with van der Waals surface area (Å²) in [4.78, 5) is 32.8. The van der Waals surface area contributed by atoms with Crippen molar-refractivity contribution in [3.8, 4) is 0 Å². The highest BCUT2D eigenvalue weighted by Crippen LogP contribution is 2.37. The van der Waals surface area contributed by atoms with Crippen LogP contribution in [0.4, 0.5) is 4.39 Å². The first kappa shape index (κ1) is 18.9. The Morgan fingerprint density at radius 1 is 1.14 bits per heavy atom. The molecule has 4 rings (SSSR count). The van der Waals surface area contributed by atoms with Gasteiger partial charge in [0.25, 0.3) is 5.91 Å². The summed E-state index contributed by atoms with van der Waals surface area (Å²) < 4.78 is 13.6. The standard InChI is InChI=1S/C21H20ClFN2O3/c22-17-7-6-16(12-18(17)23)20(27)24-10-8-21(9-11-24)13-19(26)25(28-21)14-15-4-2-1-3-5-15/h1-7,12H,8-11,13-14H2. The molecule has 0 unspecified atom stereocenters. The zero-order chi connectivity index (χ0) is 19.7. The molecule has 7 heteroatoms. The second-order valence-electron chi connectivity index (χ2n) is 7.29. The third-order valence-electron chi connectivity index (χ3n) is 5.35. The van der Waals surface area contributed by atoms with Gasteiger partial charge in [-0.2, -0.15) is 0 Å². The van der Waals surface area contributed by atoms with Gasteiger partial charge in [0.2, 0.25) is 5.91 Å². The molecule has 2 aromatic rings. The zero-order valence-electron chi connectivity index (χ0n) is 15.2. The molecule has 28 heavy (non-hydrogen) atoms. The molecule has 2 aliphatic heterocycles. The maximum absolute atomic E-state index is 13.6. The Morgan fingerprint density at radius 2 is 1.86 bits per heavy atom. The van der Waals surface area contributed by atoms with Crippen molar-refractivity contribution in [1.29, 1.82) is 0 Å². The van der Waals surface area contributed by atoms with Crippen LogP contribution in [0.2, 0.25) is 5.02 Å². The Labute approximate surface area is 167 Å². The smallest absolute Gasteiger partial charge is 0.253 e. The van der Waals surface area contributed by atoms with E-state index >= 15 is 0 Å². The van der Waals surface area contributed by atoms with Crippen molar-refractivity contribution in [2.75, 3.05) is 13.1 Å². The predicted octanol–water partition coefficient (Wildman–Crippen LogP) is 3.82. The van der Waals surface area contributed by atoms with Gasteiger partial charge in [0.15, 0.2) is 0 Å². The van der Waals surface area contributed by atoms with Crippen molar-refractivity contribution in [2.45, 2.75) is 31.4 Å². The van der Waals surface area contributed by atoms with Crippen LogP contribution >= 0.6 is 11.6 Å². The van der Waals surface area contributed by atoms with Gasteiger partial charge in [0, 0.05) is 18.7 Å². The van der Waals surface area contributed by atoms with E-state index in [-0.39, 0.29) is 22.4 Å². The lowest BCUT2D eigenvalue weighted by Gasteiger charge is -2.37. The number of nitrogens with zero attached hydrogens (tertiary/aromatic N) is 2. The van der Waals surface area contributed by atoms with Crippen molar-refractivity contribution in [1.82, 2.24) is 9.96 Å². The number of rotatable bonds is 3. The van der Waals surface area contributed by atoms with Crippen LogP contribution in [0.5, 0.6) is 0 Å². The SMILES string of the molecule is O=C(c1ccc(Cl)c(F)c1)N1CCC2(CC1)CC(=O)N(Cc1ccccc1)O2. The van der Waals surface area contributed by atoms with Gasteiger partial charge in [0.05, 0.1) is 18.0 Å². The quantitative estimate of drug-likeness (QED) is 0.784. The van der Waals surface area contributed by atoms with Crippen LogP contribution < -0.4 is 0 Å². The molecule has 0 bridgehead atoms. The summed E-state index contributed by atoms with van der Waals surface area (Å²) in [5.74, 6) is -0.887. The van der Waals surface area contributed by atoms with Gasteiger partial charge < -0.3 is 4.90 Å². The number of hydroxylamine groups is 2. The maximum Gasteiger partial charge on any atom is 0.253 e. The Hall–Kier alpha value is -2.44. The van der Waals surface area contributed by atoms with Gasteiger partial charge in [-0.15, -0.1) is 0 Å². The van der Waals surface area contributed by atoms with Crippen LogP contribution in [0, 0.1) is 5.82 Å². The molecule has 2 fully saturated rings. The van der Waals surface area contributed by atoms with Crippen LogP contribution in [-0.2, 0) is 16.2 Å². The van der Waals surface area contributed by atoms with Crippen LogP contribution in [0.1, 0.15) is 35.2 Å². The Balaban J connectivity index is 1.39. The van der Waals surface area contributed by atoms with Gasteiger partial charge in [-0.25, -0.2) is 9.45 Å². The Morgan fingerprint density at radius 3 is 2.54 bits per heavy atom. The number of carbonyl (C=O) groups excluding carboxylic acids is 2. The molecule has 0 aromatic heterocycles. The number of carbonyl (C=O) groups is 2. The van der Waals surface area contributed by atoms with E-state index in [1.807, 2.05) is 30.3 Å². The number of hydrogen-bond donors (Lipinski definition) is 0. The summed E-state index contributed by atoms with van der Waals surface area (Å²) in [6.45, 7) is 1.32. The van der Waals surface area contributed by atoms with E-state index in [9.17, 15) is 14.0 Å². The van der Waals surface area contributed by atoms with Crippen LogP contribution in [0.15, 0.2) is 48.5 Å². The highest BCUT2D eigenvalue weighted by molar-refractivity contribution is 6.30. The average molecular weight is 403 g/mol. The second-order valence-corrected chi connectivity index (χ2v) is 7.70. The van der Waals surface area contributed by atoms with E-state index in [0.29, 0.717) is 38.9 Å². The highest BCUT2D eigenvalue weighted by Gasteiger charge is 2.47. The lowest BCUT2D eigenvalue weighted by molar-refractivity contribution is -0.213. The van der Waals surface area contributed by atoms with E-state index < -0.39 is 11.4 Å². The van der Waals surface area contributed by atoms with Crippen molar-refractivity contribution in [3.05, 3.63) is 70.5 Å². The molecule has 2 aromatic carbocycles. The largest absolute Gasteiger partial charge is 0.338 e. The fourth-order valence-electron chi connectivity index (χ4n) is 3.75. The van der Waals surface area contributed by atoms with E-state index in [1.165, 1.54) is 17.2 Å². The summed E-state index contributed by atoms with van der Waals surface area (Å²) in [6.07, 6.45) is 1.44. The van der Waals surface area contributed by atoms with Crippen molar-refractivity contribution < 1.29 is 18.8 Å². The normalized spacial score (nSPS) is 18.7. The van der Waals surface area contributed by atoms with Crippen molar-refractivity contribution in [3.63, 3.8) is 0 Å². The molecule has 5 nitrogen and oxygen atoms in total. The summed E-state index contributed by atoms with van der Waals surface area (Å²) >= 11 is 5.69. The molecule has 2 heterocycles. The number of amides is 2. The molecule has 146 valence electrons. The van der Waals surface area contributed by atoms with Crippen molar-refractivity contribution in [2.24, 2.45) is 0 Å². The summed E-state index contributed by atoms with van der Waals surface area (Å²) in [5, 5.41) is 1.42. The molecule has 0 saturated carbocycles. The Bertz CT molecular complexity index is 898. The minimum Gasteiger partial charge on any atom is -0.338 e. The second kappa shape index (κ2) is 7.53. The van der Waals surface area contributed by atoms with Gasteiger partial charge in [-0.1, -0.05) is 41.9 Å². The fourth-order valence-corrected chi connectivity index (χ4v) is 3.87. The lowest BCUT2D eigenvalue weighted by Crippen LogP contribution is -2.47. The van der Waals surface area contributed by atoms with Gasteiger partial charge >= 0.3 is 0 Å². The lowest BCUT2D eigenvalue weighted by atomic mass is 9.88. The molecule has 2 amide bonds. The molecular formula is C21H20ClFN2O3. The molecule has 0 N–H and O–H groups in total. The highest BCUT2D eigenvalue weighted by atomic mass is 35.5. The van der Waals surface area contributed by atoms with E-state index in [4.69, 9.17) is 16.4 Å². The maximum atomic E-state index is 13.6. The van der Waals surface area contributed by atoms with Gasteiger partial charge in [-0.3, -0.25) is 14.4 Å². The van der Waals surface area contributed by atoms with Gasteiger partial charge in [0.1, 0.15) is 11.4 Å². The third kappa shape index (κ3) is 3.75. The first-order valence-corrected chi connectivity index (χ1v) is 9.61. The summed E-state index contributed by atoms with van der Waals surface area (Å²) in [7, 11) is 0. The predicted molar refractivity (Wildman–Crippen MR) is 102 cm³/mol. The topological polar surface area (TPSA) is 49.9 Å². The van der Waals surface area contributed by atoms with E-state index in [1.54, 1.807) is 4.90 Å². The summed E-state index contributed by atoms with van der Waals surface area (Å²) in [6, 6.07) is 13.8. The van der Waals surface area contributed by atoms with Crippen LogP contribution in [-0.4, -0.2) is 40.5 Å². The molecular weight excluding hydrogens is 383 g/mol. The minimum absolute atomic E-state index is 0.00878. The van der Waals surface area contributed by atoms with Gasteiger partial charge in [-0.05, 0) is 36.6 Å². The molecule has 2 aliphatic rings. The van der Waals surface area contributed by atoms with E-state index in [0.717, 1.165) is 11.6 Å². The van der Waals surface area contributed by atoms with E-state index in [2.05, 4.69) is 0 Å². The number of benzene rings is 2. The Kier molecular flexibility index (Phi) is 5.08. The average Bonchev–Trinajstić information content (AvgIpc) is 2.99. The van der Waals surface area contributed by atoms with Crippen LogP contribution in [0.25, 0.3) is 0 Å². The molecule has 1 spiro atoms. The molecule has 0 radical (unpaired) electrons. The number of piperidine rings is 1. The minimum atomic E-state index is -0.609. The summed E-state index contributed by atoms with van der Waals surface area (Å²) in [5.41, 5.74) is 0.714. The molecule has 0 aliphatic carbocycles. The number of likely N-dealkylation sites (tertiary alicyclic amines) is 1.